The second kappa shape index (κ2) is 6.12. The summed E-state index contributed by atoms with van der Waals surface area (Å²) in [5.41, 5.74) is -0.115. The Hall–Kier alpha value is -1.77. The van der Waals surface area contributed by atoms with Gasteiger partial charge in [-0.2, -0.15) is 0 Å². The van der Waals surface area contributed by atoms with Crippen LogP contribution in [0.1, 0.15) is 32.8 Å². The van der Waals surface area contributed by atoms with Crippen molar-refractivity contribution in [2.75, 3.05) is 5.32 Å². The van der Waals surface area contributed by atoms with Crippen LogP contribution in [0, 0.1) is 11.8 Å². The maximum Gasteiger partial charge on any atom is 0.250 e. The van der Waals surface area contributed by atoms with Crippen molar-refractivity contribution in [3.05, 3.63) is 28.2 Å². The fourth-order valence-corrected chi connectivity index (χ4v) is 5.12. The number of carbonyl (C=O) groups excluding carboxylic acids is 3. The van der Waals surface area contributed by atoms with Crippen LogP contribution in [-0.4, -0.2) is 45.9 Å². The standard InChI is InChI=1S/C19H22BrN3O4/c1-4-8(2)23-16(25)13-14(17(23)26)19(22-15(13)9(3)24)11-7-10(20)5-6-12(11)21-18(19)27/h5-9,13-15,22,24H,4H2,1-3H3,(H,21,27)/t8-,9+,13-,14-,15-,19-/m0/s1. The van der Waals surface area contributed by atoms with Gasteiger partial charge in [0.15, 0.2) is 0 Å². The summed E-state index contributed by atoms with van der Waals surface area (Å²) in [7, 11) is 0. The molecular formula is C19H22BrN3O4. The second-order valence-corrected chi connectivity index (χ2v) is 8.59. The number of carbonyl (C=O) groups is 3. The number of halogens is 1. The van der Waals surface area contributed by atoms with E-state index >= 15 is 0 Å². The van der Waals surface area contributed by atoms with Gasteiger partial charge in [-0.25, -0.2) is 0 Å². The van der Waals surface area contributed by atoms with Crippen LogP contribution in [0.4, 0.5) is 5.69 Å². The molecular weight excluding hydrogens is 414 g/mol. The van der Waals surface area contributed by atoms with E-state index in [0.717, 1.165) is 4.47 Å². The van der Waals surface area contributed by atoms with Crippen LogP contribution in [0.5, 0.6) is 0 Å². The first-order chi connectivity index (χ1) is 12.7. The minimum absolute atomic E-state index is 0.256. The Morgan fingerprint density at radius 2 is 1.96 bits per heavy atom. The largest absolute Gasteiger partial charge is 0.392 e. The van der Waals surface area contributed by atoms with E-state index in [1.807, 2.05) is 19.9 Å². The lowest BCUT2D eigenvalue weighted by atomic mass is 9.76. The molecule has 3 aliphatic rings. The fourth-order valence-electron chi connectivity index (χ4n) is 4.76. The van der Waals surface area contributed by atoms with Gasteiger partial charge in [-0.15, -0.1) is 0 Å². The number of nitrogens with one attached hydrogen (secondary N) is 2. The molecule has 27 heavy (non-hydrogen) atoms. The number of rotatable bonds is 3. The molecule has 3 amide bonds. The van der Waals surface area contributed by atoms with Gasteiger partial charge in [0.05, 0.1) is 17.9 Å². The topological polar surface area (TPSA) is 98.7 Å². The first-order valence-electron chi connectivity index (χ1n) is 9.18. The van der Waals surface area contributed by atoms with Gasteiger partial charge in [0.1, 0.15) is 5.54 Å². The van der Waals surface area contributed by atoms with Gasteiger partial charge in [-0.1, -0.05) is 22.9 Å². The van der Waals surface area contributed by atoms with Crippen molar-refractivity contribution in [2.45, 2.75) is 50.9 Å². The van der Waals surface area contributed by atoms with Crippen LogP contribution in [-0.2, 0) is 19.9 Å². The zero-order valence-electron chi connectivity index (χ0n) is 15.3. The molecule has 2 fully saturated rings. The predicted molar refractivity (Wildman–Crippen MR) is 102 cm³/mol. The normalized spacial score (nSPS) is 34.0. The van der Waals surface area contributed by atoms with Gasteiger partial charge in [0.25, 0.3) is 0 Å². The SMILES string of the molecule is CC[C@H](C)N1C(=O)[C@@H]2[C@H]([C@@H](C)O)N[C@]3(C(=O)Nc4ccc(Br)cc43)[C@@H]2C1=O. The summed E-state index contributed by atoms with van der Waals surface area (Å²) in [6.45, 7) is 5.31. The molecule has 144 valence electrons. The van der Waals surface area contributed by atoms with Gasteiger partial charge in [0.2, 0.25) is 17.7 Å². The van der Waals surface area contributed by atoms with Crippen molar-refractivity contribution in [3.8, 4) is 0 Å². The van der Waals surface area contributed by atoms with Crippen molar-refractivity contribution in [3.63, 3.8) is 0 Å². The summed E-state index contributed by atoms with van der Waals surface area (Å²) in [6, 6.07) is 4.44. The molecule has 3 N–H and O–H groups in total. The minimum atomic E-state index is -1.36. The summed E-state index contributed by atoms with van der Waals surface area (Å²) in [5, 5.41) is 16.4. The van der Waals surface area contributed by atoms with E-state index in [1.165, 1.54) is 4.90 Å². The fraction of sp³-hybridized carbons (Fsp3) is 0.526. The van der Waals surface area contributed by atoms with Crippen molar-refractivity contribution < 1.29 is 19.5 Å². The zero-order valence-corrected chi connectivity index (χ0v) is 16.9. The first-order valence-corrected chi connectivity index (χ1v) is 9.97. The van der Waals surface area contributed by atoms with E-state index < -0.39 is 29.5 Å². The smallest absolute Gasteiger partial charge is 0.250 e. The lowest BCUT2D eigenvalue weighted by Crippen LogP contribution is -2.55. The third kappa shape index (κ3) is 2.30. The zero-order chi connectivity index (χ0) is 19.7. The Balaban J connectivity index is 1.92. The molecule has 0 radical (unpaired) electrons. The molecule has 6 atom stereocenters. The molecule has 1 spiro atoms. The second-order valence-electron chi connectivity index (χ2n) is 7.67. The van der Waals surface area contributed by atoms with Gasteiger partial charge in [-0.3, -0.25) is 24.6 Å². The third-order valence-electron chi connectivity index (χ3n) is 6.20. The molecule has 0 aromatic heterocycles. The summed E-state index contributed by atoms with van der Waals surface area (Å²) in [6.07, 6.45) is -0.264. The highest BCUT2D eigenvalue weighted by Gasteiger charge is 2.71. The summed E-state index contributed by atoms with van der Waals surface area (Å²) >= 11 is 3.43. The van der Waals surface area contributed by atoms with Crippen LogP contribution < -0.4 is 10.6 Å². The first kappa shape index (κ1) is 18.6. The van der Waals surface area contributed by atoms with Crippen LogP contribution in [0.2, 0.25) is 0 Å². The maximum absolute atomic E-state index is 13.4. The number of imide groups is 1. The molecule has 3 aliphatic heterocycles. The molecule has 1 aromatic carbocycles. The Morgan fingerprint density at radius 1 is 1.26 bits per heavy atom. The number of hydrogen-bond acceptors (Lipinski definition) is 5. The van der Waals surface area contributed by atoms with E-state index in [1.54, 1.807) is 19.1 Å². The monoisotopic (exact) mass is 435 g/mol. The number of hydrogen-bond donors (Lipinski definition) is 3. The predicted octanol–water partition coefficient (Wildman–Crippen LogP) is 1.35. The molecule has 4 rings (SSSR count). The number of benzene rings is 1. The van der Waals surface area contributed by atoms with Gasteiger partial charge >= 0.3 is 0 Å². The van der Waals surface area contributed by atoms with E-state index in [0.29, 0.717) is 17.7 Å². The number of likely N-dealkylation sites (tertiary alicyclic amines) is 1. The minimum Gasteiger partial charge on any atom is -0.392 e. The molecule has 3 heterocycles. The summed E-state index contributed by atoms with van der Waals surface area (Å²) < 4.78 is 0.770. The van der Waals surface area contributed by atoms with E-state index in [-0.39, 0.29) is 23.8 Å². The molecule has 2 saturated heterocycles. The average Bonchev–Trinajstić information content (AvgIpc) is 3.20. The molecule has 1 aromatic rings. The quantitative estimate of drug-likeness (QED) is 0.622. The van der Waals surface area contributed by atoms with Gasteiger partial charge in [-0.05, 0) is 38.5 Å². The molecule has 0 aliphatic carbocycles. The Bertz CT molecular complexity index is 857. The molecule has 0 bridgehead atoms. The maximum atomic E-state index is 13.4. The molecule has 8 heteroatoms. The number of fused-ring (bicyclic) bond motifs is 4. The van der Waals surface area contributed by atoms with Crippen molar-refractivity contribution in [1.29, 1.82) is 0 Å². The number of aliphatic hydroxyl groups is 1. The van der Waals surface area contributed by atoms with E-state index in [9.17, 15) is 19.5 Å². The number of nitrogens with zero attached hydrogens (tertiary/aromatic N) is 1. The van der Waals surface area contributed by atoms with Crippen LogP contribution in [0.15, 0.2) is 22.7 Å². The average molecular weight is 436 g/mol. The molecule has 0 saturated carbocycles. The Morgan fingerprint density at radius 3 is 2.59 bits per heavy atom. The highest BCUT2D eigenvalue weighted by atomic mass is 79.9. The lowest BCUT2D eigenvalue weighted by Gasteiger charge is -2.31. The lowest BCUT2D eigenvalue weighted by molar-refractivity contribution is -0.145. The number of aliphatic hydroxyl groups excluding tert-OH is 1. The van der Waals surface area contributed by atoms with Crippen molar-refractivity contribution in [2.24, 2.45) is 11.8 Å². The highest BCUT2D eigenvalue weighted by molar-refractivity contribution is 9.10. The van der Waals surface area contributed by atoms with Gasteiger partial charge < -0.3 is 10.4 Å². The Labute approximate surface area is 165 Å². The molecule has 0 unspecified atom stereocenters. The van der Waals surface area contributed by atoms with Crippen LogP contribution in [0.25, 0.3) is 0 Å². The van der Waals surface area contributed by atoms with Crippen molar-refractivity contribution in [1.82, 2.24) is 10.2 Å². The van der Waals surface area contributed by atoms with E-state index in [4.69, 9.17) is 0 Å². The van der Waals surface area contributed by atoms with E-state index in [2.05, 4.69) is 26.6 Å². The van der Waals surface area contributed by atoms with Crippen LogP contribution in [0.3, 0.4) is 0 Å². The number of anilines is 1. The third-order valence-corrected chi connectivity index (χ3v) is 6.69. The summed E-state index contributed by atoms with van der Waals surface area (Å²) in [5.74, 6) is -2.68. The Kier molecular flexibility index (Phi) is 4.21. The molecule has 7 nitrogen and oxygen atoms in total. The van der Waals surface area contributed by atoms with Crippen LogP contribution >= 0.6 is 15.9 Å². The van der Waals surface area contributed by atoms with Crippen molar-refractivity contribution >= 4 is 39.3 Å². The summed E-state index contributed by atoms with van der Waals surface area (Å²) in [4.78, 5) is 40.9. The highest BCUT2D eigenvalue weighted by Crippen LogP contribution is 2.54. The van der Waals surface area contributed by atoms with Gasteiger partial charge in [0, 0.05) is 27.8 Å². The number of amides is 3.